The number of rotatable bonds is 8. The number of furan rings is 1. The molecule has 104 valence electrons. The SMILES string of the molecule is CC(NCCCOCc1ccco1)c1nccn1C. The summed E-state index contributed by atoms with van der Waals surface area (Å²) < 4.78 is 12.7. The first-order valence-corrected chi connectivity index (χ1v) is 6.58. The largest absolute Gasteiger partial charge is 0.467 e. The van der Waals surface area contributed by atoms with Crippen molar-refractivity contribution < 1.29 is 9.15 Å². The fraction of sp³-hybridized carbons (Fsp3) is 0.500. The van der Waals surface area contributed by atoms with E-state index in [0.29, 0.717) is 6.61 Å². The monoisotopic (exact) mass is 263 g/mol. The molecule has 5 heteroatoms. The molecular formula is C14H21N3O2. The van der Waals surface area contributed by atoms with Gasteiger partial charge in [0.25, 0.3) is 0 Å². The molecule has 0 saturated carbocycles. The van der Waals surface area contributed by atoms with Crippen LogP contribution in [0.25, 0.3) is 0 Å². The average molecular weight is 263 g/mol. The minimum absolute atomic E-state index is 0.255. The summed E-state index contributed by atoms with van der Waals surface area (Å²) in [6, 6.07) is 4.04. The highest BCUT2D eigenvalue weighted by Crippen LogP contribution is 2.08. The molecule has 1 atom stereocenters. The van der Waals surface area contributed by atoms with Gasteiger partial charge in [0.15, 0.2) is 0 Å². The normalized spacial score (nSPS) is 12.7. The molecule has 0 fully saturated rings. The predicted octanol–water partition coefficient (Wildman–Crippen LogP) is 2.27. The highest BCUT2D eigenvalue weighted by molar-refractivity contribution is 4.97. The van der Waals surface area contributed by atoms with E-state index in [-0.39, 0.29) is 6.04 Å². The zero-order valence-electron chi connectivity index (χ0n) is 11.5. The zero-order chi connectivity index (χ0) is 13.5. The Kier molecular flexibility index (Phi) is 5.18. The molecular weight excluding hydrogens is 242 g/mol. The van der Waals surface area contributed by atoms with Crippen molar-refractivity contribution >= 4 is 0 Å². The number of aromatic nitrogens is 2. The number of hydrogen-bond donors (Lipinski definition) is 1. The summed E-state index contributed by atoms with van der Waals surface area (Å²) in [4.78, 5) is 4.32. The first kappa shape index (κ1) is 13.8. The van der Waals surface area contributed by atoms with E-state index in [1.165, 1.54) is 0 Å². The van der Waals surface area contributed by atoms with Crippen LogP contribution in [0.5, 0.6) is 0 Å². The van der Waals surface area contributed by atoms with Gasteiger partial charge in [-0.15, -0.1) is 0 Å². The summed E-state index contributed by atoms with van der Waals surface area (Å²) >= 11 is 0. The van der Waals surface area contributed by atoms with Crippen molar-refractivity contribution in [3.8, 4) is 0 Å². The molecule has 0 spiro atoms. The van der Waals surface area contributed by atoms with Gasteiger partial charge in [0.1, 0.15) is 18.2 Å². The molecule has 0 aliphatic rings. The van der Waals surface area contributed by atoms with E-state index in [9.17, 15) is 0 Å². The zero-order valence-corrected chi connectivity index (χ0v) is 11.5. The maximum atomic E-state index is 5.52. The van der Waals surface area contributed by atoms with Crippen molar-refractivity contribution in [3.05, 3.63) is 42.4 Å². The Hall–Kier alpha value is -1.59. The van der Waals surface area contributed by atoms with Crippen molar-refractivity contribution in [1.29, 1.82) is 0 Å². The lowest BCUT2D eigenvalue weighted by molar-refractivity contribution is 0.103. The Balaban J connectivity index is 1.56. The number of nitrogens with one attached hydrogen (secondary N) is 1. The van der Waals surface area contributed by atoms with E-state index >= 15 is 0 Å². The van der Waals surface area contributed by atoms with Crippen LogP contribution < -0.4 is 5.32 Å². The van der Waals surface area contributed by atoms with Gasteiger partial charge < -0.3 is 19.0 Å². The van der Waals surface area contributed by atoms with Gasteiger partial charge in [-0.1, -0.05) is 0 Å². The van der Waals surface area contributed by atoms with E-state index in [1.54, 1.807) is 6.26 Å². The van der Waals surface area contributed by atoms with Crippen LogP contribution in [0.15, 0.2) is 35.2 Å². The summed E-state index contributed by atoms with van der Waals surface area (Å²) in [5.41, 5.74) is 0. The number of aryl methyl sites for hydroxylation is 1. The van der Waals surface area contributed by atoms with Crippen LogP contribution in [0.2, 0.25) is 0 Å². The molecule has 0 bridgehead atoms. The fourth-order valence-corrected chi connectivity index (χ4v) is 1.95. The Labute approximate surface area is 113 Å². The number of ether oxygens (including phenoxy) is 1. The molecule has 2 rings (SSSR count). The van der Waals surface area contributed by atoms with Gasteiger partial charge in [0.05, 0.1) is 12.3 Å². The lowest BCUT2D eigenvalue weighted by Crippen LogP contribution is -2.23. The lowest BCUT2D eigenvalue weighted by atomic mass is 10.3. The summed E-state index contributed by atoms with van der Waals surface area (Å²) in [6.45, 7) is 4.29. The van der Waals surface area contributed by atoms with Crippen molar-refractivity contribution in [2.45, 2.75) is 26.0 Å². The molecule has 19 heavy (non-hydrogen) atoms. The average Bonchev–Trinajstić information content (AvgIpc) is 3.04. The smallest absolute Gasteiger partial charge is 0.129 e. The topological polar surface area (TPSA) is 52.2 Å². The van der Waals surface area contributed by atoms with Crippen LogP contribution in [0, 0.1) is 0 Å². The molecule has 5 nitrogen and oxygen atoms in total. The second kappa shape index (κ2) is 7.11. The van der Waals surface area contributed by atoms with Gasteiger partial charge >= 0.3 is 0 Å². The second-order valence-corrected chi connectivity index (χ2v) is 4.56. The van der Waals surface area contributed by atoms with Gasteiger partial charge in [0.2, 0.25) is 0 Å². The summed E-state index contributed by atoms with van der Waals surface area (Å²) in [5.74, 6) is 1.92. The number of hydrogen-bond acceptors (Lipinski definition) is 4. The molecule has 2 aromatic heterocycles. The van der Waals surface area contributed by atoms with Crippen LogP contribution in [-0.2, 0) is 18.4 Å². The molecule has 0 amide bonds. The number of imidazole rings is 1. The highest BCUT2D eigenvalue weighted by Gasteiger charge is 2.08. The van der Waals surface area contributed by atoms with Crippen molar-refractivity contribution in [2.75, 3.05) is 13.2 Å². The highest BCUT2D eigenvalue weighted by atomic mass is 16.5. The van der Waals surface area contributed by atoms with E-state index in [2.05, 4.69) is 17.2 Å². The van der Waals surface area contributed by atoms with Crippen molar-refractivity contribution in [2.24, 2.45) is 7.05 Å². The first-order chi connectivity index (χ1) is 9.27. The Morgan fingerprint density at radius 3 is 3.11 bits per heavy atom. The molecule has 0 aromatic carbocycles. The lowest BCUT2D eigenvalue weighted by Gasteiger charge is -2.13. The van der Waals surface area contributed by atoms with Gasteiger partial charge in [0, 0.05) is 26.0 Å². The standard InChI is InChI=1S/C14H21N3O2/c1-12(14-16-7-8-17(14)2)15-6-4-9-18-11-13-5-3-10-19-13/h3,5,7-8,10,12,15H,4,6,9,11H2,1-2H3. The van der Waals surface area contributed by atoms with E-state index in [1.807, 2.05) is 36.1 Å². The van der Waals surface area contributed by atoms with Crippen molar-refractivity contribution in [3.63, 3.8) is 0 Å². The first-order valence-electron chi connectivity index (χ1n) is 6.58. The molecule has 0 aliphatic carbocycles. The van der Waals surface area contributed by atoms with Gasteiger partial charge in [-0.05, 0) is 32.0 Å². The molecule has 1 N–H and O–H groups in total. The van der Waals surface area contributed by atoms with E-state index in [0.717, 1.165) is 31.2 Å². The van der Waals surface area contributed by atoms with E-state index < -0.39 is 0 Å². The van der Waals surface area contributed by atoms with Crippen LogP contribution in [0.4, 0.5) is 0 Å². The molecule has 0 radical (unpaired) electrons. The maximum absolute atomic E-state index is 5.52. The fourth-order valence-electron chi connectivity index (χ4n) is 1.95. The molecule has 0 saturated heterocycles. The summed E-state index contributed by atoms with van der Waals surface area (Å²) in [6.07, 6.45) is 6.41. The van der Waals surface area contributed by atoms with Crippen LogP contribution in [0.1, 0.15) is 31.0 Å². The Morgan fingerprint density at radius 1 is 1.53 bits per heavy atom. The quantitative estimate of drug-likeness (QED) is 0.742. The second-order valence-electron chi connectivity index (χ2n) is 4.56. The third kappa shape index (κ3) is 4.22. The van der Waals surface area contributed by atoms with Crippen LogP contribution >= 0.6 is 0 Å². The maximum Gasteiger partial charge on any atom is 0.129 e. The molecule has 0 aliphatic heterocycles. The summed E-state index contributed by atoms with van der Waals surface area (Å²) in [5, 5.41) is 3.43. The minimum Gasteiger partial charge on any atom is -0.467 e. The molecule has 2 heterocycles. The third-order valence-corrected chi connectivity index (χ3v) is 2.99. The summed E-state index contributed by atoms with van der Waals surface area (Å²) in [7, 11) is 2.01. The van der Waals surface area contributed by atoms with Crippen LogP contribution in [-0.4, -0.2) is 22.7 Å². The van der Waals surface area contributed by atoms with Crippen molar-refractivity contribution in [1.82, 2.24) is 14.9 Å². The number of nitrogens with zero attached hydrogens (tertiary/aromatic N) is 2. The van der Waals surface area contributed by atoms with E-state index in [4.69, 9.17) is 9.15 Å². The Bertz CT molecular complexity index is 465. The Morgan fingerprint density at radius 2 is 2.42 bits per heavy atom. The van der Waals surface area contributed by atoms with Crippen LogP contribution in [0.3, 0.4) is 0 Å². The third-order valence-electron chi connectivity index (χ3n) is 2.99. The minimum atomic E-state index is 0.255. The van der Waals surface area contributed by atoms with Gasteiger partial charge in [-0.25, -0.2) is 4.98 Å². The molecule has 1 unspecified atom stereocenters. The predicted molar refractivity (Wildman–Crippen MR) is 72.6 cm³/mol. The van der Waals surface area contributed by atoms with Gasteiger partial charge in [-0.3, -0.25) is 0 Å². The molecule has 2 aromatic rings. The van der Waals surface area contributed by atoms with Gasteiger partial charge in [-0.2, -0.15) is 0 Å².